The molecular weight excluding hydrogens is 458 g/mol. The Labute approximate surface area is 207 Å². The Morgan fingerprint density at radius 3 is 2.64 bits per heavy atom. The number of imidazole rings is 1. The lowest BCUT2D eigenvalue weighted by atomic mass is 9.85. The van der Waals surface area contributed by atoms with Gasteiger partial charge in [-0.25, -0.2) is 15.0 Å². The number of aromatic nitrogens is 4. The van der Waals surface area contributed by atoms with E-state index in [1.54, 1.807) is 25.6 Å². The third-order valence-electron chi connectivity index (χ3n) is 6.59. The number of ether oxygens (including phenoxy) is 1. The van der Waals surface area contributed by atoms with Gasteiger partial charge in [-0.2, -0.15) is 0 Å². The number of nitrogens with two attached hydrogens (primary N) is 1. The molecule has 2 aromatic carbocycles. The van der Waals surface area contributed by atoms with E-state index in [0.29, 0.717) is 40.7 Å². The van der Waals surface area contributed by atoms with Crippen LogP contribution in [0.4, 0.5) is 17.2 Å². The first kappa shape index (κ1) is 23.3. The normalized spacial score (nSPS) is 17.5. The van der Waals surface area contributed by atoms with E-state index in [4.69, 9.17) is 15.5 Å². The largest absolute Gasteiger partial charge is 0.497 e. The highest BCUT2D eigenvalue weighted by Crippen LogP contribution is 2.35. The number of hydrogen-bond donors (Lipinski definition) is 3. The second-order valence-corrected chi connectivity index (χ2v) is 8.83. The van der Waals surface area contributed by atoms with Gasteiger partial charge < -0.3 is 25.7 Å². The Bertz CT molecular complexity index is 1410. The molecule has 0 radical (unpaired) electrons. The van der Waals surface area contributed by atoms with Crippen molar-refractivity contribution in [3.8, 4) is 17.1 Å². The molecule has 0 spiro atoms. The Hall–Kier alpha value is -4.47. The molecule has 0 aliphatic heterocycles. The number of nitrogen functional groups attached to an aromatic ring is 1. The minimum absolute atomic E-state index is 0.0230. The zero-order chi connectivity index (χ0) is 25.1. The molecule has 36 heavy (non-hydrogen) atoms. The minimum atomic E-state index is -0.0643. The summed E-state index contributed by atoms with van der Waals surface area (Å²) in [6.45, 7) is 0. The van der Waals surface area contributed by atoms with Crippen LogP contribution in [0, 0.1) is 5.92 Å². The second-order valence-electron chi connectivity index (χ2n) is 8.83. The monoisotopic (exact) mass is 485 g/mol. The first-order valence-electron chi connectivity index (χ1n) is 11.8. The number of nitrogens with zero attached hydrogens (tertiary/aromatic N) is 4. The van der Waals surface area contributed by atoms with E-state index in [1.165, 1.54) is 0 Å². The van der Waals surface area contributed by atoms with Gasteiger partial charge in [0.25, 0.3) is 0 Å². The number of rotatable bonds is 7. The fourth-order valence-electron chi connectivity index (χ4n) is 4.71. The molecule has 10 nitrogen and oxygen atoms in total. The standard InChI is InChI=1S/C26H27N7O3/c1-36-21-7-3-6-19(13-21)30-26(35)16-8-10-20(11-9-16)33-14-28-22-23(27)31-24(32-25(22)33)17-4-2-5-18(12-17)29-15-34/h2-7,12-16,20H,8-11H2,1H3,(H,29,34)(H,30,35)(H2,27,31,32). The van der Waals surface area contributed by atoms with Crippen molar-refractivity contribution in [2.45, 2.75) is 31.7 Å². The lowest BCUT2D eigenvalue weighted by Gasteiger charge is -2.28. The van der Waals surface area contributed by atoms with E-state index in [-0.39, 0.29) is 17.9 Å². The molecule has 0 bridgehead atoms. The molecule has 1 saturated carbocycles. The van der Waals surface area contributed by atoms with Crippen LogP contribution in [0.5, 0.6) is 5.75 Å². The lowest BCUT2D eigenvalue weighted by molar-refractivity contribution is -0.121. The van der Waals surface area contributed by atoms with Crippen molar-refractivity contribution in [3.63, 3.8) is 0 Å². The molecule has 1 aliphatic carbocycles. The fraction of sp³-hybridized carbons (Fsp3) is 0.269. The number of amides is 2. The van der Waals surface area contributed by atoms with E-state index in [1.807, 2.05) is 41.0 Å². The number of carbonyl (C=O) groups excluding carboxylic acids is 2. The number of methoxy groups -OCH3 is 1. The van der Waals surface area contributed by atoms with Crippen LogP contribution in [-0.2, 0) is 9.59 Å². The highest BCUT2D eigenvalue weighted by Gasteiger charge is 2.28. The molecule has 5 rings (SSSR count). The smallest absolute Gasteiger partial charge is 0.227 e. The summed E-state index contributed by atoms with van der Waals surface area (Å²) in [5.74, 6) is 1.42. The number of nitrogens with one attached hydrogen (secondary N) is 2. The molecule has 0 saturated heterocycles. The summed E-state index contributed by atoms with van der Waals surface area (Å²) in [5, 5.41) is 5.65. The Morgan fingerprint density at radius 2 is 1.86 bits per heavy atom. The Morgan fingerprint density at radius 1 is 1.08 bits per heavy atom. The van der Waals surface area contributed by atoms with E-state index in [2.05, 4.69) is 20.6 Å². The Balaban J connectivity index is 1.32. The van der Waals surface area contributed by atoms with Crippen molar-refractivity contribution < 1.29 is 14.3 Å². The highest BCUT2D eigenvalue weighted by molar-refractivity contribution is 5.92. The van der Waals surface area contributed by atoms with E-state index in [0.717, 1.165) is 36.9 Å². The number of fused-ring (bicyclic) bond motifs is 1. The molecular formula is C26H27N7O3. The molecule has 0 unspecified atom stereocenters. The van der Waals surface area contributed by atoms with Crippen molar-refractivity contribution in [1.29, 1.82) is 0 Å². The predicted molar refractivity (Wildman–Crippen MR) is 137 cm³/mol. The van der Waals surface area contributed by atoms with Crippen LogP contribution < -0.4 is 21.1 Å². The van der Waals surface area contributed by atoms with Gasteiger partial charge in [-0.15, -0.1) is 0 Å². The molecule has 2 aromatic heterocycles. The van der Waals surface area contributed by atoms with Crippen LogP contribution in [-0.4, -0.2) is 38.9 Å². The van der Waals surface area contributed by atoms with E-state index >= 15 is 0 Å². The molecule has 2 amide bonds. The molecule has 1 aliphatic rings. The van der Waals surface area contributed by atoms with E-state index in [9.17, 15) is 9.59 Å². The summed E-state index contributed by atoms with van der Waals surface area (Å²) in [7, 11) is 1.60. The molecule has 4 aromatic rings. The SMILES string of the molecule is COc1cccc(NC(=O)C2CCC(n3cnc4c(N)nc(-c5cccc(NC=O)c5)nc43)CC2)c1. The summed E-state index contributed by atoms with van der Waals surface area (Å²) >= 11 is 0. The van der Waals surface area contributed by atoms with Gasteiger partial charge in [-0.05, 0) is 49.9 Å². The zero-order valence-corrected chi connectivity index (χ0v) is 19.8. The quantitative estimate of drug-likeness (QED) is 0.336. The van der Waals surface area contributed by atoms with Gasteiger partial charge in [0, 0.05) is 35.0 Å². The molecule has 184 valence electrons. The third-order valence-corrected chi connectivity index (χ3v) is 6.59. The first-order chi connectivity index (χ1) is 17.6. The summed E-state index contributed by atoms with van der Waals surface area (Å²) in [4.78, 5) is 37.3. The number of carbonyl (C=O) groups is 2. The molecule has 10 heteroatoms. The molecule has 0 atom stereocenters. The lowest BCUT2D eigenvalue weighted by Crippen LogP contribution is -2.28. The molecule has 2 heterocycles. The zero-order valence-electron chi connectivity index (χ0n) is 19.8. The summed E-state index contributed by atoms with van der Waals surface area (Å²) in [6.07, 6.45) is 5.53. The van der Waals surface area contributed by atoms with Crippen molar-refractivity contribution >= 4 is 40.7 Å². The molecule has 4 N–H and O–H groups in total. The van der Waals surface area contributed by atoms with Crippen LogP contribution in [0.1, 0.15) is 31.7 Å². The maximum absolute atomic E-state index is 12.9. The number of benzene rings is 2. The van der Waals surface area contributed by atoms with Crippen LogP contribution >= 0.6 is 0 Å². The summed E-state index contributed by atoms with van der Waals surface area (Å²) < 4.78 is 7.28. The highest BCUT2D eigenvalue weighted by atomic mass is 16.5. The third kappa shape index (κ3) is 4.70. The average molecular weight is 486 g/mol. The van der Waals surface area contributed by atoms with Crippen LogP contribution in [0.25, 0.3) is 22.6 Å². The second kappa shape index (κ2) is 10.0. The van der Waals surface area contributed by atoms with Gasteiger partial charge in [-0.3, -0.25) is 9.59 Å². The summed E-state index contributed by atoms with van der Waals surface area (Å²) in [6, 6.07) is 14.8. The van der Waals surface area contributed by atoms with Gasteiger partial charge in [0.1, 0.15) is 11.3 Å². The van der Waals surface area contributed by atoms with E-state index < -0.39 is 0 Å². The predicted octanol–water partition coefficient (Wildman–Crippen LogP) is 4.02. The van der Waals surface area contributed by atoms with Crippen molar-refractivity contribution in [2.24, 2.45) is 5.92 Å². The van der Waals surface area contributed by atoms with Crippen molar-refractivity contribution in [2.75, 3.05) is 23.5 Å². The van der Waals surface area contributed by atoms with Gasteiger partial charge in [0.2, 0.25) is 12.3 Å². The fourth-order valence-corrected chi connectivity index (χ4v) is 4.71. The van der Waals surface area contributed by atoms with Gasteiger partial charge in [0.05, 0.1) is 13.4 Å². The number of anilines is 3. The Kier molecular flexibility index (Phi) is 6.48. The maximum atomic E-state index is 12.9. The van der Waals surface area contributed by atoms with Gasteiger partial charge >= 0.3 is 0 Å². The topological polar surface area (TPSA) is 137 Å². The van der Waals surface area contributed by atoms with Crippen LogP contribution in [0.2, 0.25) is 0 Å². The van der Waals surface area contributed by atoms with Crippen LogP contribution in [0.15, 0.2) is 54.9 Å². The van der Waals surface area contributed by atoms with Gasteiger partial charge in [-0.1, -0.05) is 18.2 Å². The molecule has 1 fully saturated rings. The van der Waals surface area contributed by atoms with Crippen molar-refractivity contribution in [3.05, 3.63) is 54.9 Å². The van der Waals surface area contributed by atoms with Gasteiger partial charge in [0.15, 0.2) is 17.3 Å². The minimum Gasteiger partial charge on any atom is -0.497 e. The number of hydrogen-bond acceptors (Lipinski definition) is 7. The maximum Gasteiger partial charge on any atom is 0.227 e. The van der Waals surface area contributed by atoms with Crippen molar-refractivity contribution in [1.82, 2.24) is 19.5 Å². The first-order valence-corrected chi connectivity index (χ1v) is 11.8. The summed E-state index contributed by atoms with van der Waals surface area (Å²) in [5.41, 5.74) is 9.56. The average Bonchev–Trinajstić information content (AvgIpc) is 3.34. The van der Waals surface area contributed by atoms with Crippen LogP contribution in [0.3, 0.4) is 0 Å².